The summed E-state index contributed by atoms with van der Waals surface area (Å²) in [6, 6.07) is 1.53. The van der Waals surface area contributed by atoms with E-state index < -0.39 is 5.82 Å². The van der Waals surface area contributed by atoms with Crippen molar-refractivity contribution in [3.63, 3.8) is 0 Å². The summed E-state index contributed by atoms with van der Waals surface area (Å²) in [5, 5.41) is 8.08. The first-order chi connectivity index (χ1) is 4.74. The summed E-state index contributed by atoms with van der Waals surface area (Å²) in [5.74, 6) is -0.757. The van der Waals surface area contributed by atoms with E-state index in [1.807, 2.05) is 0 Å². The molecule has 0 bridgehead atoms. The third-order valence-electron chi connectivity index (χ3n) is 0.821. The number of hydrogen-bond acceptors (Lipinski definition) is 3. The minimum atomic E-state index is -0.757. The Balaban J connectivity index is 3.25. The summed E-state index contributed by atoms with van der Waals surface area (Å²) in [6.45, 7) is 0. The molecule has 0 spiro atoms. The van der Waals surface area contributed by atoms with Crippen LogP contribution in [0.5, 0.6) is 0 Å². The second-order valence-corrected chi connectivity index (χ2v) is 1.79. The van der Waals surface area contributed by atoms with Gasteiger partial charge in [0, 0.05) is 0 Å². The predicted molar refractivity (Wildman–Crippen MR) is 31.7 cm³/mol. The van der Waals surface area contributed by atoms with E-state index in [4.69, 9.17) is 16.9 Å². The zero-order valence-electron chi connectivity index (χ0n) is 4.67. The van der Waals surface area contributed by atoms with Gasteiger partial charge in [-0.2, -0.15) is 5.26 Å². The molecular weight excluding hydrogens is 157 g/mol. The normalized spacial score (nSPS) is 8.90. The molecule has 1 aromatic heterocycles. The largest absolute Gasteiger partial charge is 0.223 e. The molecule has 1 aromatic rings. The minimum Gasteiger partial charge on any atom is -0.223 e. The molecule has 5 heteroatoms. The average molecular weight is 158 g/mol. The fraction of sp³-hybridized carbons (Fsp3) is 0. The van der Waals surface area contributed by atoms with Crippen molar-refractivity contribution in [1.29, 1.82) is 5.26 Å². The lowest BCUT2D eigenvalue weighted by Gasteiger charge is -1.89. The van der Waals surface area contributed by atoms with Gasteiger partial charge in [-0.1, -0.05) is 0 Å². The molecule has 0 radical (unpaired) electrons. The van der Waals surface area contributed by atoms with Crippen molar-refractivity contribution in [1.82, 2.24) is 9.97 Å². The number of rotatable bonds is 0. The fourth-order valence-electron chi connectivity index (χ4n) is 0.424. The Bertz CT molecular complexity index is 293. The molecule has 0 saturated carbocycles. The van der Waals surface area contributed by atoms with E-state index >= 15 is 0 Å². The van der Waals surface area contributed by atoms with Gasteiger partial charge in [0.05, 0.1) is 6.20 Å². The van der Waals surface area contributed by atoms with Crippen LogP contribution >= 0.6 is 11.6 Å². The molecule has 0 unspecified atom stereocenters. The molecule has 50 valence electrons. The Morgan fingerprint density at radius 3 is 2.90 bits per heavy atom. The van der Waals surface area contributed by atoms with Gasteiger partial charge >= 0.3 is 0 Å². The van der Waals surface area contributed by atoms with Crippen molar-refractivity contribution < 1.29 is 4.39 Å². The lowest BCUT2D eigenvalue weighted by molar-refractivity contribution is 0.608. The maximum absolute atomic E-state index is 12.4. The van der Waals surface area contributed by atoms with Crippen LogP contribution in [0.1, 0.15) is 5.69 Å². The quantitative estimate of drug-likeness (QED) is 0.531. The summed E-state index contributed by atoms with van der Waals surface area (Å²) in [6.07, 6.45) is 0.855. The smallest absolute Gasteiger partial charge is 0.223 e. The van der Waals surface area contributed by atoms with Gasteiger partial charge < -0.3 is 0 Å². The van der Waals surface area contributed by atoms with E-state index in [-0.39, 0.29) is 11.0 Å². The van der Waals surface area contributed by atoms with Crippen LogP contribution in [0.2, 0.25) is 5.28 Å². The topological polar surface area (TPSA) is 49.6 Å². The van der Waals surface area contributed by atoms with Gasteiger partial charge in [-0.25, -0.2) is 14.4 Å². The highest BCUT2D eigenvalue weighted by molar-refractivity contribution is 6.28. The monoisotopic (exact) mass is 157 g/mol. The molecule has 3 nitrogen and oxygen atoms in total. The zero-order chi connectivity index (χ0) is 7.56. The van der Waals surface area contributed by atoms with Crippen molar-refractivity contribution >= 4 is 11.6 Å². The molecule has 10 heavy (non-hydrogen) atoms. The van der Waals surface area contributed by atoms with E-state index in [2.05, 4.69) is 9.97 Å². The van der Waals surface area contributed by atoms with Gasteiger partial charge in [-0.05, 0) is 11.6 Å². The van der Waals surface area contributed by atoms with Crippen LogP contribution in [0.4, 0.5) is 4.39 Å². The molecule has 0 fully saturated rings. The number of nitriles is 1. The Labute approximate surface area is 61.1 Å². The number of aromatic nitrogens is 2. The van der Waals surface area contributed by atoms with Crippen molar-refractivity contribution in [3.05, 3.63) is 23.0 Å². The van der Waals surface area contributed by atoms with Crippen molar-refractivity contribution in [3.8, 4) is 6.07 Å². The first-order valence-corrected chi connectivity index (χ1v) is 2.70. The van der Waals surface area contributed by atoms with E-state index in [0.29, 0.717) is 0 Å². The lowest BCUT2D eigenvalue weighted by atomic mass is 10.4. The highest BCUT2D eigenvalue weighted by Crippen LogP contribution is 2.04. The summed E-state index contributed by atoms with van der Waals surface area (Å²) in [5.41, 5.74) is -0.333. The Morgan fingerprint density at radius 2 is 2.40 bits per heavy atom. The molecule has 0 aliphatic heterocycles. The van der Waals surface area contributed by atoms with Gasteiger partial charge in [-0.15, -0.1) is 0 Å². The summed E-state index contributed by atoms with van der Waals surface area (Å²) in [7, 11) is 0. The van der Waals surface area contributed by atoms with Crippen molar-refractivity contribution in [2.24, 2.45) is 0 Å². The molecule has 0 aromatic carbocycles. The van der Waals surface area contributed by atoms with Crippen LogP contribution in [-0.2, 0) is 0 Å². The SMILES string of the molecule is N#Cc1nc(Cl)ncc1F. The zero-order valence-corrected chi connectivity index (χ0v) is 5.43. The number of halogens is 2. The van der Waals surface area contributed by atoms with Gasteiger partial charge in [0.15, 0.2) is 11.5 Å². The maximum Gasteiger partial charge on any atom is 0.223 e. The Kier molecular flexibility index (Phi) is 1.78. The molecule has 0 N–H and O–H groups in total. The van der Waals surface area contributed by atoms with Crippen LogP contribution in [0, 0.1) is 17.1 Å². The lowest BCUT2D eigenvalue weighted by Crippen LogP contribution is -1.91. The molecule has 0 aliphatic carbocycles. The van der Waals surface area contributed by atoms with E-state index in [9.17, 15) is 4.39 Å². The molecule has 0 aliphatic rings. The molecule has 0 atom stereocenters. The third-order valence-corrected chi connectivity index (χ3v) is 1.00. The molecule has 1 rings (SSSR count). The van der Waals surface area contributed by atoms with E-state index in [1.54, 1.807) is 0 Å². The Morgan fingerprint density at radius 1 is 1.70 bits per heavy atom. The third kappa shape index (κ3) is 1.20. The molecule has 0 amide bonds. The van der Waals surface area contributed by atoms with Crippen LogP contribution in [-0.4, -0.2) is 9.97 Å². The average Bonchev–Trinajstić information content (AvgIpc) is 1.94. The van der Waals surface area contributed by atoms with Crippen LogP contribution < -0.4 is 0 Å². The second kappa shape index (κ2) is 2.58. The number of hydrogen-bond donors (Lipinski definition) is 0. The highest BCUT2D eigenvalue weighted by atomic mass is 35.5. The van der Waals surface area contributed by atoms with Gasteiger partial charge in [-0.3, -0.25) is 0 Å². The van der Waals surface area contributed by atoms with Gasteiger partial charge in [0.1, 0.15) is 6.07 Å². The predicted octanol–water partition coefficient (Wildman–Crippen LogP) is 1.14. The van der Waals surface area contributed by atoms with Crippen molar-refractivity contribution in [2.75, 3.05) is 0 Å². The molecular formula is C5HClFN3. The van der Waals surface area contributed by atoms with Crippen LogP contribution in [0.15, 0.2) is 6.20 Å². The maximum atomic E-state index is 12.4. The van der Waals surface area contributed by atoms with Crippen LogP contribution in [0.3, 0.4) is 0 Å². The minimum absolute atomic E-state index is 0.127. The first-order valence-electron chi connectivity index (χ1n) is 2.32. The van der Waals surface area contributed by atoms with Crippen LogP contribution in [0.25, 0.3) is 0 Å². The molecule has 1 heterocycles. The summed E-state index contributed by atoms with van der Waals surface area (Å²) < 4.78 is 12.4. The second-order valence-electron chi connectivity index (χ2n) is 1.45. The Hall–Kier alpha value is -1.21. The number of nitrogens with zero attached hydrogens (tertiary/aromatic N) is 3. The highest BCUT2D eigenvalue weighted by Gasteiger charge is 2.02. The standard InChI is InChI=1S/C5HClFN3/c6-5-9-2-3(7)4(1-8)10-5/h2H. The summed E-state index contributed by atoms with van der Waals surface area (Å²) >= 11 is 5.26. The summed E-state index contributed by atoms with van der Waals surface area (Å²) in [4.78, 5) is 6.62. The molecule has 0 saturated heterocycles. The van der Waals surface area contributed by atoms with E-state index in [0.717, 1.165) is 6.20 Å². The fourth-order valence-corrected chi connectivity index (χ4v) is 0.557. The first kappa shape index (κ1) is 6.90. The van der Waals surface area contributed by atoms with E-state index in [1.165, 1.54) is 6.07 Å². The van der Waals surface area contributed by atoms with Gasteiger partial charge in [0.2, 0.25) is 5.28 Å². The van der Waals surface area contributed by atoms with Gasteiger partial charge in [0.25, 0.3) is 0 Å². The van der Waals surface area contributed by atoms with Crippen molar-refractivity contribution in [2.45, 2.75) is 0 Å².